The summed E-state index contributed by atoms with van der Waals surface area (Å²) in [6.45, 7) is 7.33. The van der Waals surface area contributed by atoms with Crippen LogP contribution in [0, 0.1) is 27.7 Å². The zero-order valence-electron chi connectivity index (χ0n) is 12.1. The monoisotopic (exact) mass is 290 g/mol. The standard InChI is InChI=1S/C16H18O3S/c1-11-9-13(3)16(14(4)10-11)20(17,18)19-15-8-6-5-7-12(15)2/h5-10H,1-4H3. The van der Waals surface area contributed by atoms with Crippen LogP contribution in [-0.4, -0.2) is 8.42 Å². The summed E-state index contributed by atoms with van der Waals surface area (Å²) >= 11 is 0. The third kappa shape index (κ3) is 2.85. The van der Waals surface area contributed by atoms with Crippen molar-refractivity contribution in [3.05, 3.63) is 58.7 Å². The molecule has 20 heavy (non-hydrogen) atoms. The highest BCUT2D eigenvalue weighted by Crippen LogP contribution is 2.27. The fourth-order valence-electron chi connectivity index (χ4n) is 2.37. The maximum absolute atomic E-state index is 12.5. The Hall–Kier alpha value is -1.81. The van der Waals surface area contributed by atoms with E-state index in [-0.39, 0.29) is 4.90 Å². The lowest BCUT2D eigenvalue weighted by atomic mass is 10.1. The van der Waals surface area contributed by atoms with E-state index in [0.717, 1.165) is 11.1 Å². The first-order chi connectivity index (χ1) is 9.31. The van der Waals surface area contributed by atoms with E-state index in [1.807, 2.05) is 38.1 Å². The summed E-state index contributed by atoms with van der Waals surface area (Å²) < 4.78 is 30.3. The van der Waals surface area contributed by atoms with E-state index in [0.29, 0.717) is 16.9 Å². The van der Waals surface area contributed by atoms with Crippen LogP contribution in [0.25, 0.3) is 0 Å². The predicted octanol–water partition coefficient (Wildman–Crippen LogP) is 3.69. The second kappa shape index (κ2) is 5.29. The van der Waals surface area contributed by atoms with Gasteiger partial charge in [0.15, 0.2) is 0 Å². The molecular formula is C16H18O3S. The average molecular weight is 290 g/mol. The van der Waals surface area contributed by atoms with Crippen LogP contribution in [0.5, 0.6) is 5.75 Å². The third-order valence-corrected chi connectivity index (χ3v) is 4.69. The van der Waals surface area contributed by atoms with Gasteiger partial charge in [0.2, 0.25) is 0 Å². The lowest BCUT2D eigenvalue weighted by Gasteiger charge is -2.14. The molecule has 0 aromatic heterocycles. The van der Waals surface area contributed by atoms with E-state index < -0.39 is 10.1 Å². The Kier molecular flexibility index (Phi) is 3.86. The molecule has 0 aliphatic rings. The highest BCUT2D eigenvalue weighted by atomic mass is 32.2. The lowest BCUT2D eigenvalue weighted by molar-refractivity contribution is 0.483. The molecule has 2 aromatic carbocycles. The molecule has 0 heterocycles. The maximum atomic E-state index is 12.5. The molecule has 0 aliphatic carbocycles. The minimum absolute atomic E-state index is 0.256. The molecule has 0 unspecified atom stereocenters. The summed E-state index contributed by atoms with van der Waals surface area (Å²) in [7, 11) is -3.81. The Morgan fingerprint density at radius 2 is 1.40 bits per heavy atom. The van der Waals surface area contributed by atoms with Gasteiger partial charge in [0.1, 0.15) is 10.6 Å². The first-order valence-electron chi connectivity index (χ1n) is 6.39. The number of hydrogen-bond acceptors (Lipinski definition) is 3. The summed E-state index contributed by atoms with van der Waals surface area (Å²) in [6.07, 6.45) is 0. The van der Waals surface area contributed by atoms with Crippen molar-refractivity contribution in [1.29, 1.82) is 0 Å². The molecule has 2 aromatic rings. The van der Waals surface area contributed by atoms with E-state index in [9.17, 15) is 8.42 Å². The first-order valence-corrected chi connectivity index (χ1v) is 7.80. The highest BCUT2D eigenvalue weighted by molar-refractivity contribution is 7.87. The Balaban J connectivity index is 2.50. The number of rotatable bonds is 3. The first kappa shape index (κ1) is 14.6. The van der Waals surface area contributed by atoms with Gasteiger partial charge in [0.25, 0.3) is 0 Å². The van der Waals surface area contributed by atoms with Crippen LogP contribution in [0.15, 0.2) is 41.3 Å². The van der Waals surface area contributed by atoms with Crippen molar-refractivity contribution in [1.82, 2.24) is 0 Å². The van der Waals surface area contributed by atoms with Gasteiger partial charge in [-0.2, -0.15) is 8.42 Å². The Morgan fingerprint density at radius 3 is 1.95 bits per heavy atom. The van der Waals surface area contributed by atoms with Crippen LogP contribution in [0.2, 0.25) is 0 Å². The largest absolute Gasteiger partial charge is 0.379 e. The zero-order valence-corrected chi connectivity index (χ0v) is 12.9. The molecule has 0 aliphatic heterocycles. The van der Waals surface area contributed by atoms with Crippen molar-refractivity contribution in [2.45, 2.75) is 32.6 Å². The number of aryl methyl sites for hydroxylation is 4. The Labute approximate surface area is 120 Å². The molecule has 0 fully saturated rings. The third-order valence-electron chi connectivity index (χ3n) is 3.15. The van der Waals surface area contributed by atoms with Crippen molar-refractivity contribution in [2.75, 3.05) is 0 Å². The van der Waals surface area contributed by atoms with Gasteiger partial charge in [-0.05, 0) is 50.5 Å². The van der Waals surface area contributed by atoms with E-state index in [4.69, 9.17) is 4.18 Å². The van der Waals surface area contributed by atoms with Gasteiger partial charge >= 0.3 is 10.1 Å². The molecule has 106 valence electrons. The van der Waals surface area contributed by atoms with Gasteiger partial charge in [-0.3, -0.25) is 0 Å². The van der Waals surface area contributed by atoms with Gasteiger partial charge in [-0.25, -0.2) is 0 Å². The quantitative estimate of drug-likeness (QED) is 0.810. The Bertz CT molecular complexity index is 723. The summed E-state index contributed by atoms with van der Waals surface area (Å²) in [5.41, 5.74) is 3.24. The van der Waals surface area contributed by atoms with Gasteiger partial charge < -0.3 is 4.18 Å². The second-order valence-electron chi connectivity index (χ2n) is 5.03. The number of benzene rings is 2. The lowest BCUT2D eigenvalue weighted by Crippen LogP contribution is -2.13. The molecule has 4 heteroatoms. The fraction of sp³-hybridized carbons (Fsp3) is 0.250. The molecule has 0 radical (unpaired) electrons. The van der Waals surface area contributed by atoms with Crippen LogP contribution >= 0.6 is 0 Å². The number of hydrogen-bond donors (Lipinski definition) is 0. The van der Waals surface area contributed by atoms with Crippen molar-refractivity contribution < 1.29 is 12.6 Å². The van der Waals surface area contributed by atoms with Crippen molar-refractivity contribution in [3.63, 3.8) is 0 Å². The smallest absolute Gasteiger partial charge is 0.339 e. The highest BCUT2D eigenvalue weighted by Gasteiger charge is 2.22. The minimum Gasteiger partial charge on any atom is -0.379 e. The normalized spacial score (nSPS) is 11.4. The summed E-state index contributed by atoms with van der Waals surface area (Å²) in [4.78, 5) is 0.256. The van der Waals surface area contributed by atoms with E-state index in [2.05, 4.69) is 0 Å². The zero-order chi connectivity index (χ0) is 14.9. The molecule has 2 rings (SSSR count). The molecule has 0 spiro atoms. The van der Waals surface area contributed by atoms with Crippen LogP contribution in [0.3, 0.4) is 0 Å². The van der Waals surface area contributed by atoms with Crippen LogP contribution < -0.4 is 4.18 Å². The SMILES string of the molecule is Cc1cc(C)c(S(=O)(=O)Oc2ccccc2C)c(C)c1. The van der Waals surface area contributed by atoms with Crippen molar-refractivity contribution in [2.24, 2.45) is 0 Å². The van der Waals surface area contributed by atoms with Crippen LogP contribution in [0.4, 0.5) is 0 Å². The molecule has 0 amide bonds. The summed E-state index contributed by atoms with van der Waals surface area (Å²) in [5.74, 6) is 0.367. The van der Waals surface area contributed by atoms with Crippen molar-refractivity contribution in [3.8, 4) is 5.75 Å². The molecule has 3 nitrogen and oxygen atoms in total. The summed E-state index contributed by atoms with van der Waals surface area (Å²) in [6, 6.07) is 10.8. The molecular weight excluding hydrogens is 272 g/mol. The molecule has 0 bridgehead atoms. The maximum Gasteiger partial charge on any atom is 0.339 e. The van der Waals surface area contributed by atoms with Gasteiger partial charge in [0, 0.05) is 0 Å². The van der Waals surface area contributed by atoms with E-state index >= 15 is 0 Å². The van der Waals surface area contributed by atoms with Gasteiger partial charge in [-0.1, -0.05) is 35.9 Å². The number of para-hydroxylation sites is 1. The fourth-order valence-corrected chi connectivity index (χ4v) is 3.78. The second-order valence-corrected chi connectivity index (χ2v) is 6.51. The minimum atomic E-state index is -3.81. The topological polar surface area (TPSA) is 43.4 Å². The molecule has 0 atom stereocenters. The van der Waals surface area contributed by atoms with E-state index in [1.165, 1.54) is 0 Å². The van der Waals surface area contributed by atoms with Crippen LogP contribution in [-0.2, 0) is 10.1 Å². The van der Waals surface area contributed by atoms with Gasteiger partial charge in [0.05, 0.1) is 0 Å². The molecule has 0 saturated carbocycles. The summed E-state index contributed by atoms with van der Waals surface area (Å²) in [5, 5.41) is 0. The Morgan fingerprint density at radius 1 is 0.850 bits per heavy atom. The van der Waals surface area contributed by atoms with E-state index in [1.54, 1.807) is 26.0 Å². The van der Waals surface area contributed by atoms with Crippen LogP contribution in [0.1, 0.15) is 22.3 Å². The molecule has 0 saturated heterocycles. The average Bonchev–Trinajstić information content (AvgIpc) is 2.30. The van der Waals surface area contributed by atoms with Crippen molar-refractivity contribution >= 4 is 10.1 Å². The van der Waals surface area contributed by atoms with Gasteiger partial charge in [-0.15, -0.1) is 0 Å². The predicted molar refractivity (Wildman–Crippen MR) is 79.6 cm³/mol. The molecule has 0 N–H and O–H groups in total.